The molecule has 0 aromatic heterocycles. The van der Waals surface area contributed by atoms with Crippen LogP contribution in [0.4, 0.5) is 10.5 Å². The summed E-state index contributed by atoms with van der Waals surface area (Å²) in [5, 5.41) is 2.90. The highest BCUT2D eigenvalue weighted by Crippen LogP contribution is 2.25. The molecular weight excluding hydrogens is 286 g/mol. The molecule has 0 aliphatic carbocycles. The number of anilines is 1. The lowest BCUT2D eigenvalue weighted by atomic mass is 10.00. The minimum atomic E-state index is -0.0896. The molecule has 114 valence electrons. The van der Waals surface area contributed by atoms with Gasteiger partial charge in [-0.05, 0) is 30.9 Å². The van der Waals surface area contributed by atoms with E-state index in [2.05, 4.69) is 12.2 Å². The van der Waals surface area contributed by atoms with E-state index in [0.29, 0.717) is 17.4 Å². The molecular formula is C15H21N3O2S. The smallest absolute Gasteiger partial charge is 0.321 e. The van der Waals surface area contributed by atoms with Crippen molar-refractivity contribution in [1.29, 1.82) is 0 Å². The van der Waals surface area contributed by atoms with Gasteiger partial charge in [0.25, 0.3) is 0 Å². The third-order valence-corrected chi connectivity index (χ3v) is 3.69. The number of carbonyl (C=O) groups excluding carboxylic acids is 1. The monoisotopic (exact) mass is 307 g/mol. The van der Waals surface area contributed by atoms with Crippen LogP contribution in [0.5, 0.6) is 5.75 Å². The average Bonchev–Trinajstić information content (AvgIpc) is 2.47. The van der Waals surface area contributed by atoms with Crippen LogP contribution in [0.25, 0.3) is 0 Å². The summed E-state index contributed by atoms with van der Waals surface area (Å²) in [7, 11) is 0. The highest BCUT2D eigenvalue weighted by molar-refractivity contribution is 7.80. The van der Waals surface area contributed by atoms with Crippen molar-refractivity contribution in [2.75, 3.05) is 25.0 Å². The molecule has 2 amide bonds. The summed E-state index contributed by atoms with van der Waals surface area (Å²) in [6.45, 7) is 3.96. The second-order valence-electron chi connectivity index (χ2n) is 5.35. The van der Waals surface area contributed by atoms with Gasteiger partial charge in [0.05, 0.1) is 5.69 Å². The number of benzene rings is 1. The molecule has 1 aliphatic heterocycles. The largest absolute Gasteiger partial charge is 0.484 e. The maximum atomic E-state index is 12.3. The molecule has 0 bridgehead atoms. The quantitative estimate of drug-likeness (QED) is 0.839. The van der Waals surface area contributed by atoms with Crippen LogP contribution in [0.1, 0.15) is 19.8 Å². The van der Waals surface area contributed by atoms with Gasteiger partial charge in [-0.15, -0.1) is 0 Å². The molecule has 0 saturated carbocycles. The summed E-state index contributed by atoms with van der Waals surface area (Å²) < 4.78 is 5.50. The van der Waals surface area contributed by atoms with E-state index in [1.807, 2.05) is 17.0 Å². The van der Waals surface area contributed by atoms with E-state index in [4.69, 9.17) is 22.7 Å². The minimum Gasteiger partial charge on any atom is -0.484 e. The topological polar surface area (TPSA) is 67.6 Å². The van der Waals surface area contributed by atoms with E-state index in [1.54, 1.807) is 12.1 Å². The summed E-state index contributed by atoms with van der Waals surface area (Å²) in [6, 6.07) is 7.19. The van der Waals surface area contributed by atoms with Crippen molar-refractivity contribution in [2.45, 2.75) is 19.8 Å². The number of rotatable bonds is 4. The molecule has 3 N–H and O–H groups in total. The standard InChI is InChI=1S/C15H21N3O2S/c1-11-6-8-18(9-7-11)15(19)17-12-4-2-3-5-13(12)20-10-14(16)21/h2-5,11H,6-10H2,1H3,(H2,16,21)(H,17,19). The van der Waals surface area contributed by atoms with E-state index in [-0.39, 0.29) is 17.6 Å². The fourth-order valence-electron chi connectivity index (χ4n) is 2.25. The van der Waals surface area contributed by atoms with Crippen LogP contribution < -0.4 is 15.8 Å². The molecule has 1 aromatic rings. The molecule has 1 saturated heterocycles. The van der Waals surface area contributed by atoms with Gasteiger partial charge in [0.1, 0.15) is 17.3 Å². The Morgan fingerprint density at radius 1 is 1.43 bits per heavy atom. The van der Waals surface area contributed by atoms with Gasteiger partial charge in [-0.1, -0.05) is 31.3 Å². The maximum absolute atomic E-state index is 12.3. The van der Waals surface area contributed by atoms with Gasteiger partial charge in [0.15, 0.2) is 0 Å². The van der Waals surface area contributed by atoms with Gasteiger partial charge in [-0.25, -0.2) is 4.79 Å². The Kier molecular flexibility index (Phi) is 5.38. The Labute approximate surface area is 130 Å². The van der Waals surface area contributed by atoms with E-state index >= 15 is 0 Å². The third kappa shape index (κ3) is 4.60. The Hall–Kier alpha value is -1.82. The fraction of sp³-hybridized carbons (Fsp3) is 0.467. The Morgan fingerprint density at radius 2 is 2.10 bits per heavy atom. The summed E-state index contributed by atoms with van der Waals surface area (Å²) >= 11 is 4.80. The van der Waals surface area contributed by atoms with Crippen molar-refractivity contribution in [3.63, 3.8) is 0 Å². The van der Waals surface area contributed by atoms with Crippen LogP contribution in [-0.4, -0.2) is 35.6 Å². The van der Waals surface area contributed by atoms with Crippen LogP contribution in [-0.2, 0) is 0 Å². The number of para-hydroxylation sites is 2. The van der Waals surface area contributed by atoms with Gasteiger partial charge in [0.2, 0.25) is 0 Å². The Morgan fingerprint density at radius 3 is 2.76 bits per heavy atom. The van der Waals surface area contributed by atoms with E-state index in [0.717, 1.165) is 25.9 Å². The average molecular weight is 307 g/mol. The van der Waals surface area contributed by atoms with Crippen LogP contribution in [0.2, 0.25) is 0 Å². The van der Waals surface area contributed by atoms with Crippen molar-refractivity contribution < 1.29 is 9.53 Å². The lowest BCUT2D eigenvalue weighted by Gasteiger charge is -2.30. The van der Waals surface area contributed by atoms with E-state index in [9.17, 15) is 4.79 Å². The third-order valence-electron chi connectivity index (χ3n) is 3.57. The molecule has 1 aliphatic rings. The number of nitrogens with one attached hydrogen (secondary N) is 1. The van der Waals surface area contributed by atoms with Crippen molar-refractivity contribution in [3.8, 4) is 5.75 Å². The first kappa shape index (κ1) is 15.6. The van der Waals surface area contributed by atoms with Gasteiger partial charge < -0.3 is 20.7 Å². The summed E-state index contributed by atoms with van der Waals surface area (Å²) in [5.74, 6) is 1.26. The molecule has 1 fully saturated rings. The van der Waals surface area contributed by atoms with Crippen LogP contribution in [0.3, 0.4) is 0 Å². The zero-order chi connectivity index (χ0) is 15.2. The number of amides is 2. The van der Waals surface area contributed by atoms with Gasteiger partial charge in [-0.2, -0.15) is 0 Å². The van der Waals surface area contributed by atoms with Crippen molar-refractivity contribution in [1.82, 2.24) is 4.90 Å². The predicted molar refractivity (Wildman–Crippen MR) is 87.7 cm³/mol. The lowest BCUT2D eigenvalue weighted by Crippen LogP contribution is -2.40. The first-order valence-corrected chi connectivity index (χ1v) is 7.53. The molecule has 2 rings (SSSR count). The normalized spacial score (nSPS) is 15.6. The van der Waals surface area contributed by atoms with Crippen LogP contribution in [0.15, 0.2) is 24.3 Å². The molecule has 0 radical (unpaired) electrons. The molecule has 21 heavy (non-hydrogen) atoms. The Balaban J connectivity index is 1.98. The van der Waals surface area contributed by atoms with Gasteiger partial charge in [-0.3, -0.25) is 0 Å². The number of likely N-dealkylation sites (tertiary alicyclic amines) is 1. The van der Waals surface area contributed by atoms with Crippen molar-refractivity contribution >= 4 is 28.9 Å². The lowest BCUT2D eigenvalue weighted by molar-refractivity contribution is 0.186. The first-order chi connectivity index (χ1) is 10.1. The zero-order valence-corrected chi connectivity index (χ0v) is 13.0. The molecule has 6 heteroatoms. The maximum Gasteiger partial charge on any atom is 0.321 e. The van der Waals surface area contributed by atoms with Gasteiger partial charge >= 0.3 is 6.03 Å². The molecule has 1 heterocycles. The first-order valence-electron chi connectivity index (χ1n) is 7.12. The molecule has 0 atom stereocenters. The number of urea groups is 1. The molecule has 5 nitrogen and oxygen atoms in total. The number of hydrogen-bond acceptors (Lipinski definition) is 3. The van der Waals surface area contributed by atoms with Crippen LogP contribution in [0, 0.1) is 5.92 Å². The highest BCUT2D eigenvalue weighted by Gasteiger charge is 2.20. The predicted octanol–water partition coefficient (Wildman–Crippen LogP) is 2.62. The summed E-state index contributed by atoms with van der Waals surface area (Å²) in [6.07, 6.45) is 2.10. The molecule has 0 spiro atoms. The number of piperidine rings is 1. The minimum absolute atomic E-state index is 0.0896. The second-order valence-corrected chi connectivity index (χ2v) is 5.88. The number of carbonyl (C=O) groups is 1. The summed E-state index contributed by atoms with van der Waals surface area (Å²) in [4.78, 5) is 14.4. The number of nitrogens with zero attached hydrogens (tertiary/aromatic N) is 1. The van der Waals surface area contributed by atoms with Crippen molar-refractivity contribution in [3.05, 3.63) is 24.3 Å². The fourth-order valence-corrected chi connectivity index (χ4v) is 2.31. The molecule has 1 aromatic carbocycles. The summed E-state index contributed by atoms with van der Waals surface area (Å²) in [5.41, 5.74) is 6.07. The number of thiocarbonyl (C=S) groups is 1. The van der Waals surface area contributed by atoms with E-state index in [1.165, 1.54) is 0 Å². The number of hydrogen-bond donors (Lipinski definition) is 2. The Bertz CT molecular complexity index is 513. The van der Waals surface area contributed by atoms with Gasteiger partial charge in [0, 0.05) is 13.1 Å². The zero-order valence-electron chi connectivity index (χ0n) is 12.2. The van der Waals surface area contributed by atoms with Crippen LogP contribution >= 0.6 is 12.2 Å². The second kappa shape index (κ2) is 7.26. The van der Waals surface area contributed by atoms with E-state index < -0.39 is 0 Å². The SMILES string of the molecule is CC1CCN(C(=O)Nc2ccccc2OCC(N)=S)CC1. The van der Waals surface area contributed by atoms with Crippen molar-refractivity contribution in [2.24, 2.45) is 11.7 Å². The number of ether oxygens (including phenoxy) is 1. The number of nitrogens with two attached hydrogens (primary N) is 1. The highest BCUT2D eigenvalue weighted by atomic mass is 32.1. The molecule has 0 unspecified atom stereocenters.